The third kappa shape index (κ3) is 6.55. The Morgan fingerprint density at radius 3 is 2.45 bits per heavy atom. The van der Waals surface area contributed by atoms with Crippen LogP contribution in [0.2, 0.25) is 0 Å². The number of benzene rings is 1. The van der Waals surface area contributed by atoms with Gasteiger partial charge in [-0.1, -0.05) is 42.1 Å². The Bertz CT molecular complexity index is 526. The van der Waals surface area contributed by atoms with Gasteiger partial charge < -0.3 is 11.5 Å². The lowest BCUT2D eigenvalue weighted by Gasteiger charge is -2.03. The van der Waals surface area contributed by atoms with Gasteiger partial charge in [-0.25, -0.2) is 0 Å². The number of rotatable bonds is 4. The average Bonchev–Trinajstić information content (AvgIpc) is 2.36. The van der Waals surface area contributed by atoms with E-state index in [1.165, 1.54) is 0 Å². The summed E-state index contributed by atoms with van der Waals surface area (Å²) in [6.45, 7) is 0. The quantitative estimate of drug-likeness (QED) is 0.451. The van der Waals surface area contributed by atoms with Gasteiger partial charge in [-0.15, -0.1) is 0 Å². The standard InChI is InChI=1S/C12H15N5O2S/c13-11(14)17-12(15)20-7-10(19)16-9(18)6-8-4-2-1-3-5-8/h1-5H,6-7H2,(H,16,18,19)(H5,13,14,15,17). The number of nitrogens with zero attached hydrogens (tertiary/aromatic N) is 1. The van der Waals surface area contributed by atoms with Gasteiger partial charge >= 0.3 is 0 Å². The Hall–Kier alpha value is -2.35. The van der Waals surface area contributed by atoms with E-state index in [1.807, 2.05) is 18.2 Å². The van der Waals surface area contributed by atoms with Crippen LogP contribution in [0.25, 0.3) is 0 Å². The van der Waals surface area contributed by atoms with Crippen LogP contribution >= 0.6 is 11.8 Å². The van der Waals surface area contributed by atoms with Gasteiger partial charge in [0.1, 0.15) is 0 Å². The molecule has 0 saturated heterocycles. The van der Waals surface area contributed by atoms with E-state index in [-0.39, 0.29) is 23.3 Å². The van der Waals surface area contributed by atoms with Crippen molar-refractivity contribution >= 4 is 34.7 Å². The summed E-state index contributed by atoms with van der Waals surface area (Å²) in [4.78, 5) is 26.5. The van der Waals surface area contributed by atoms with Crippen molar-refractivity contribution in [3.05, 3.63) is 35.9 Å². The van der Waals surface area contributed by atoms with Crippen molar-refractivity contribution in [2.75, 3.05) is 5.75 Å². The molecule has 0 aliphatic heterocycles. The highest BCUT2D eigenvalue weighted by Gasteiger charge is 2.09. The minimum atomic E-state index is -0.494. The number of aliphatic imine (C=N–C) groups is 1. The average molecular weight is 293 g/mol. The molecule has 0 bridgehead atoms. The molecule has 106 valence electrons. The predicted octanol–water partition coefficient (Wildman–Crippen LogP) is -0.187. The molecule has 6 N–H and O–H groups in total. The lowest BCUT2D eigenvalue weighted by molar-refractivity contribution is -0.128. The number of thioether (sulfide) groups is 1. The number of hydrogen-bond donors (Lipinski definition) is 4. The summed E-state index contributed by atoms with van der Waals surface area (Å²) in [5.41, 5.74) is 11.0. The summed E-state index contributed by atoms with van der Waals surface area (Å²) in [5, 5.41) is 9.37. The molecule has 0 fully saturated rings. The summed E-state index contributed by atoms with van der Waals surface area (Å²) >= 11 is 0.833. The van der Waals surface area contributed by atoms with Crippen molar-refractivity contribution in [1.29, 1.82) is 5.41 Å². The summed E-state index contributed by atoms with van der Waals surface area (Å²) in [6.07, 6.45) is 0.128. The van der Waals surface area contributed by atoms with Crippen molar-refractivity contribution < 1.29 is 9.59 Å². The van der Waals surface area contributed by atoms with Crippen LogP contribution in [-0.4, -0.2) is 28.7 Å². The first kappa shape index (κ1) is 15.7. The first-order chi connectivity index (χ1) is 9.47. The smallest absolute Gasteiger partial charge is 0.237 e. The molecule has 20 heavy (non-hydrogen) atoms. The monoisotopic (exact) mass is 293 g/mol. The van der Waals surface area contributed by atoms with Gasteiger partial charge in [0, 0.05) is 0 Å². The SMILES string of the molecule is N=C(N=C(N)N)SCC(=O)NC(=O)Cc1ccccc1. The number of amides is 2. The largest absolute Gasteiger partial charge is 0.370 e. The molecule has 0 unspecified atom stereocenters. The Kier molecular flexibility index (Phi) is 6.24. The minimum absolute atomic E-state index is 0.101. The number of nitrogens with one attached hydrogen (secondary N) is 2. The summed E-state index contributed by atoms with van der Waals surface area (Å²) in [7, 11) is 0. The van der Waals surface area contributed by atoms with Gasteiger partial charge in [0.05, 0.1) is 12.2 Å². The molecule has 1 rings (SSSR count). The molecular formula is C12H15N5O2S. The Morgan fingerprint density at radius 2 is 1.85 bits per heavy atom. The van der Waals surface area contributed by atoms with Crippen molar-refractivity contribution in [3.8, 4) is 0 Å². The topological polar surface area (TPSA) is 134 Å². The second-order valence-electron chi connectivity index (χ2n) is 3.76. The normalized spacial score (nSPS) is 9.60. The van der Waals surface area contributed by atoms with Crippen LogP contribution in [0.4, 0.5) is 0 Å². The van der Waals surface area contributed by atoms with E-state index < -0.39 is 11.8 Å². The molecule has 0 spiro atoms. The number of amidine groups is 1. The van der Waals surface area contributed by atoms with Crippen LogP contribution in [0.15, 0.2) is 35.3 Å². The second-order valence-corrected chi connectivity index (χ2v) is 4.73. The maximum atomic E-state index is 11.6. The van der Waals surface area contributed by atoms with Crippen molar-refractivity contribution in [2.24, 2.45) is 16.5 Å². The van der Waals surface area contributed by atoms with Crippen LogP contribution in [-0.2, 0) is 16.0 Å². The molecule has 0 aliphatic rings. The van der Waals surface area contributed by atoms with Gasteiger partial charge in [0.2, 0.25) is 11.8 Å². The molecule has 0 heterocycles. The first-order valence-electron chi connectivity index (χ1n) is 5.65. The number of imide groups is 1. The molecule has 7 nitrogen and oxygen atoms in total. The van der Waals surface area contributed by atoms with Crippen LogP contribution in [0.5, 0.6) is 0 Å². The fourth-order valence-corrected chi connectivity index (χ4v) is 1.81. The third-order valence-corrected chi connectivity index (χ3v) is 2.83. The number of nitrogens with two attached hydrogens (primary N) is 2. The summed E-state index contributed by atoms with van der Waals surface area (Å²) in [5.74, 6) is -1.24. The van der Waals surface area contributed by atoms with Gasteiger partial charge in [0.25, 0.3) is 0 Å². The van der Waals surface area contributed by atoms with Crippen LogP contribution in [0.1, 0.15) is 5.56 Å². The number of carbonyl (C=O) groups excluding carboxylic acids is 2. The molecule has 0 aromatic heterocycles. The molecule has 0 saturated carbocycles. The van der Waals surface area contributed by atoms with Crippen LogP contribution < -0.4 is 16.8 Å². The zero-order chi connectivity index (χ0) is 15.0. The van der Waals surface area contributed by atoms with E-state index in [2.05, 4.69) is 10.3 Å². The lowest BCUT2D eigenvalue weighted by Crippen LogP contribution is -2.33. The third-order valence-electron chi connectivity index (χ3n) is 2.06. The van der Waals surface area contributed by atoms with Gasteiger partial charge in [-0.05, 0) is 5.56 Å². The highest BCUT2D eigenvalue weighted by molar-refractivity contribution is 8.14. The number of hydrogen-bond acceptors (Lipinski definition) is 4. The zero-order valence-electron chi connectivity index (χ0n) is 10.6. The van der Waals surface area contributed by atoms with E-state index in [9.17, 15) is 9.59 Å². The van der Waals surface area contributed by atoms with Crippen molar-refractivity contribution in [1.82, 2.24) is 5.32 Å². The lowest BCUT2D eigenvalue weighted by atomic mass is 10.1. The number of guanidine groups is 1. The Labute approximate surface area is 120 Å². The van der Waals surface area contributed by atoms with Crippen molar-refractivity contribution in [3.63, 3.8) is 0 Å². The fourth-order valence-electron chi connectivity index (χ4n) is 1.30. The van der Waals surface area contributed by atoms with E-state index >= 15 is 0 Å². The number of carbonyl (C=O) groups is 2. The predicted molar refractivity (Wildman–Crippen MR) is 79.3 cm³/mol. The minimum Gasteiger partial charge on any atom is -0.370 e. The Balaban J connectivity index is 2.34. The van der Waals surface area contributed by atoms with Crippen LogP contribution in [0, 0.1) is 5.41 Å². The molecule has 1 aromatic rings. The van der Waals surface area contributed by atoms with Gasteiger partial charge in [-0.3, -0.25) is 20.3 Å². The van der Waals surface area contributed by atoms with Gasteiger partial charge in [0.15, 0.2) is 11.1 Å². The summed E-state index contributed by atoms with van der Waals surface area (Å²) < 4.78 is 0. The maximum absolute atomic E-state index is 11.6. The highest BCUT2D eigenvalue weighted by Crippen LogP contribution is 2.03. The molecule has 2 amide bonds. The second kappa shape index (κ2) is 7.95. The molecule has 0 radical (unpaired) electrons. The van der Waals surface area contributed by atoms with Crippen molar-refractivity contribution in [2.45, 2.75) is 6.42 Å². The van der Waals surface area contributed by atoms with E-state index in [4.69, 9.17) is 16.9 Å². The van der Waals surface area contributed by atoms with Crippen LogP contribution in [0.3, 0.4) is 0 Å². The van der Waals surface area contributed by atoms with E-state index in [0.29, 0.717) is 0 Å². The molecular weight excluding hydrogens is 278 g/mol. The van der Waals surface area contributed by atoms with Gasteiger partial charge in [-0.2, -0.15) is 4.99 Å². The first-order valence-corrected chi connectivity index (χ1v) is 6.63. The highest BCUT2D eigenvalue weighted by atomic mass is 32.2. The Morgan fingerprint density at radius 1 is 1.20 bits per heavy atom. The fraction of sp³-hybridized carbons (Fsp3) is 0.167. The van der Waals surface area contributed by atoms with E-state index in [0.717, 1.165) is 17.3 Å². The molecule has 8 heteroatoms. The zero-order valence-corrected chi connectivity index (χ0v) is 11.4. The molecule has 0 aliphatic carbocycles. The van der Waals surface area contributed by atoms with E-state index in [1.54, 1.807) is 12.1 Å². The summed E-state index contributed by atoms with van der Waals surface area (Å²) in [6, 6.07) is 9.08. The molecule has 1 aromatic carbocycles. The molecule has 0 atom stereocenters. The maximum Gasteiger partial charge on any atom is 0.237 e.